The number of hydrogen-bond acceptors (Lipinski definition) is 9. The molecule has 0 aromatic heterocycles. The molecule has 0 amide bonds. The normalized spacial score (nSPS) is 11.6. The van der Waals surface area contributed by atoms with E-state index in [2.05, 4.69) is 150 Å². The van der Waals surface area contributed by atoms with Crippen LogP contribution in [0.25, 0.3) is 0 Å². The van der Waals surface area contributed by atoms with Crippen LogP contribution in [0, 0.1) is 20.2 Å². The molecular weight excluding hydrogens is 1080 g/mol. The first-order chi connectivity index (χ1) is 38.5. The summed E-state index contributed by atoms with van der Waals surface area (Å²) >= 11 is 0. The van der Waals surface area contributed by atoms with Crippen molar-refractivity contribution in [1.29, 1.82) is 0 Å². The number of hydrogen-bond donors (Lipinski definition) is 0. The van der Waals surface area contributed by atoms with Gasteiger partial charge in [-0.2, -0.15) is 26.3 Å². The van der Waals surface area contributed by atoms with Gasteiger partial charge in [0.05, 0.1) is 30.1 Å². The van der Waals surface area contributed by atoms with E-state index in [-0.39, 0.29) is 41.1 Å². The third-order valence-corrected chi connectivity index (χ3v) is 19.8. The Morgan fingerprint density at radius 1 is 0.375 bits per heavy atom. The smallest absolute Gasteiger partial charge is 0.416 e. The molecule has 0 aliphatic rings. The number of nitro groups is 2. The molecule has 0 N–H and O–H groups in total. The Hall–Kier alpha value is -6.52. The summed E-state index contributed by atoms with van der Waals surface area (Å²) in [6, 6.07) is 63.7. The Bertz CT molecular complexity index is 2470. The molecule has 0 fully saturated rings. The van der Waals surface area contributed by atoms with Crippen LogP contribution in [-0.4, -0.2) is 43.5 Å². The average molecular weight is 1140 g/mol. The van der Waals surface area contributed by atoms with E-state index in [4.69, 9.17) is 9.05 Å². The fourth-order valence-electron chi connectivity index (χ4n) is 8.78. The lowest BCUT2D eigenvalue weighted by Crippen LogP contribution is -2.50. The maximum Gasteiger partial charge on any atom is 0.416 e. The highest BCUT2D eigenvalue weighted by atomic mass is 31.2. The third kappa shape index (κ3) is 20.5. The molecular formula is C60H65BF6N2O9P2. The van der Waals surface area contributed by atoms with E-state index in [0.29, 0.717) is 26.1 Å². The average Bonchev–Trinajstić information content (AvgIpc) is 3.65. The second kappa shape index (κ2) is 33.3. The van der Waals surface area contributed by atoms with Crippen molar-refractivity contribution < 1.29 is 59.9 Å². The van der Waals surface area contributed by atoms with Gasteiger partial charge in [0.1, 0.15) is 39.1 Å². The molecule has 0 saturated carbocycles. The van der Waals surface area contributed by atoms with Gasteiger partial charge in [-0.3, -0.25) is 20.2 Å². The maximum atomic E-state index is 12.3. The molecule has 0 aliphatic carbocycles. The zero-order chi connectivity index (χ0) is 57.7. The van der Waals surface area contributed by atoms with Crippen LogP contribution in [0.2, 0.25) is 0 Å². The van der Waals surface area contributed by atoms with E-state index in [1.165, 1.54) is 31.8 Å². The molecule has 0 bridgehead atoms. The lowest BCUT2D eigenvalue weighted by Gasteiger charge is -2.27. The predicted molar refractivity (Wildman–Crippen MR) is 304 cm³/mol. The highest BCUT2D eigenvalue weighted by molar-refractivity contribution is 7.92. The molecule has 0 unspecified atom stereocenters. The number of rotatable bonds is 28. The lowest BCUT2D eigenvalue weighted by atomic mass is 10.1. The van der Waals surface area contributed by atoms with E-state index in [0.717, 1.165) is 64.2 Å². The van der Waals surface area contributed by atoms with Crippen molar-refractivity contribution in [1.82, 2.24) is 0 Å². The second-order valence-electron chi connectivity index (χ2n) is 18.4. The molecule has 0 atom stereocenters. The van der Waals surface area contributed by atoms with Gasteiger partial charge in [-0.05, 0) is 117 Å². The summed E-state index contributed by atoms with van der Waals surface area (Å²) in [6.07, 6.45) is 1.51. The van der Waals surface area contributed by atoms with Gasteiger partial charge in [0.15, 0.2) is 0 Å². The van der Waals surface area contributed by atoms with Crippen molar-refractivity contribution in [2.45, 2.75) is 89.4 Å². The number of nitrogens with zero attached hydrogens (tertiary/aromatic N) is 2. The number of alkyl halides is 6. The van der Waals surface area contributed by atoms with Gasteiger partial charge in [0, 0.05) is 22.7 Å². The number of benzene rings is 7. The monoisotopic (exact) mass is 1140 g/mol. The first-order valence-electron chi connectivity index (χ1n) is 26.4. The summed E-state index contributed by atoms with van der Waals surface area (Å²) < 4.78 is 91.3. The maximum absolute atomic E-state index is 12.3. The number of unbranched alkanes of at least 4 members (excludes halogenated alkanes) is 10. The van der Waals surface area contributed by atoms with Crippen molar-refractivity contribution >= 4 is 54.1 Å². The molecule has 80 heavy (non-hydrogen) atoms. The zero-order valence-corrected chi connectivity index (χ0v) is 46.0. The van der Waals surface area contributed by atoms with Crippen molar-refractivity contribution in [2.24, 2.45) is 0 Å². The van der Waals surface area contributed by atoms with Gasteiger partial charge in [-0.25, -0.2) is 9.05 Å². The highest BCUT2D eigenvalue weighted by Crippen LogP contribution is 2.57. The minimum atomic E-state index is -5.05. The van der Waals surface area contributed by atoms with Crippen molar-refractivity contribution in [3.05, 3.63) is 232 Å². The largest absolute Gasteiger partial charge is 0.860 e. The molecule has 0 aliphatic heterocycles. The molecule has 20 heteroatoms. The van der Waals surface area contributed by atoms with E-state index in [9.17, 15) is 56.6 Å². The topological polar surface area (TPSA) is 160 Å². The van der Waals surface area contributed by atoms with Crippen LogP contribution < -0.4 is 46.5 Å². The molecule has 7 aromatic carbocycles. The summed E-state index contributed by atoms with van der Waals surface area (Å²) in [6.45, 7) is 1.56. The molecule has 0 saturated heterocycles. The third-order valence-electron chi connectivity index (χ3n) is 12.6. The van der Waals surface area contributed by atoms with E-state index < -0.39 is 51.5 Å². The zero-order valence-electron chi connectivity index (χ0n) is 44.2. The van der Waals surface area contributed by atoms with Gasteiger partial charge in [-0.1, -0.05) is 148 Å². The van der Waals surface area contributed by atoms with Gasteiger partial charge in [-0.15, -0.1) is 0 Å². The summed E-state index contributed by atoms with van der Waals surface area (Å²) in [4.78, 5) is 20.4. The van der Waals surface area contributed by atoms with Crippen molar-refractivity contribution in [3.8, 4) is 5.75 Å². The second-order valence-corrected chi connectivity index (χ2v) is 24.5. The van der Waals surface area contributed by atoms with Gasteiger partial charge < -0.3 is 14.7 Å². The summed E-state index contributed by atoms with van der Waals surface area (Å²) in [5.74, 6) is -1.08. The Morgan fingerprint density at radius 3 is 0.838 bits per heavy atom. The SMILES string of the molecule is O=[N+]([O-])CCCCCCCCO[P+](c1ccccc1)(c1ccccc1)c1ccccc1.O=[N+]([O-])CCCCCCCCO[P+](c1ccccc1)(c1ccccc1)c1ccccc1.[O-]B([O-])Oc1cc(C(F)(F)F)cc(C(F)(F)F)c1. The summed E-state index contributed by atoms with van der Waals surface area (Å²) in [5.41, 5.74) is -3.32. The van der Waals surface area contributed by atoms with Gasteiger partial charge in [0.2, 0.25) is 28.1 Å². The molecule has 0 radical (unpaired) electrons. The van der Waals surface area contributed by atoms with Crippen LogP contribution in [0.4, 0.5) is 26.3 Å². The quantitative estimate of drug-likeness (QED) is 0.0116. The van der Waals surface area contributed by atoms with E-state index in [1.54, 1.807) is 0 Å². The lowest BCUT2D eigenvalue weighted by molar-refractivity contribution is -0.480. The Labute approximate surface area is 465 Å². The van der Waals surface area contributed by atoms with Crippen LogP contribution in [0.15, 0.2) is 200 Å². The molecule has 0 heterocycles. The van der Waals surface area contributed by atoms with E-state index in [1.807, 2.05) is 36.4 Å². The fraction of sp³-hybridized carbons (Fsp3) is 0.300. The van der Waals surface area contributed by atoms with Gasteiger partial charge in [0.25, 0.3) is 0 Å². The Balaban J connectivity index is 0.000000229. The van der Waals surface area contributed by atoms with Crippen LogP contribution in [0.1, 0.15) is 88.2 Å². The van der Waals surface area contributed by atoms with Crippen LogP contribution >= 0.6 is 15.0 Å². The minimum Gasteiger partial charge on any atom is -0.860 e. The summed E-state index contributed by atoms with van der Waals surface area (Å²) in [5, 5.41) is 48.4. The van der Waals surface area contributed by atoms with E-state index >= 15 is 0 Å². The predicted octanol–water partition coefficient (Wildman–Crippen LogP) is 11.9. The van der Waals surface area contributed by atoms with Crippen molar-refractivity contribution in [2.75, 3.05) is 26.3 Å². The molecule has 0 spiro atoms. The van der Waals surface area contributed by atoms with Crippen LogP contribution in [0.5, 0.6) is 5.75 Å². The molecule has 7 rings (SSSR count). The highest BCUT2D eigenvalue weighted by Gasteiger charge is 2.49. The molecule has 11 nitrogen and oxygen atoms in total. The number of halogens is 6. The van der Waals surface area contributed by atoms with Crippen molar-refractivity contribution in [3.63, 3.8) is 0 Å². The summed E-state index contributed by atoms with van der Waals surface area (Å²) in [7, 11) is -7.43. The molecule has 7 aromatic rings. The first kappa shape index (κ1) is 64.3. The standard InChI is InChI=1S/2C26H31NO3P.C8H3BF6O3/c2*28-27(29)22-14-3-1-2-4-15-23-30-31(24-16-8-5-9-17-24,25-18-10-6-11-19-25)26-20-12-7-13-21-26;10-7(11,12)4-1-5(8(13,14)15)3-6(2-4)18-9(16)17/h2*5-13,16-21H,1-4,14-15,22-23H2;1-3H/q2*+1;-2. The fourth-order valence-corrected chi connectivity index (χ4v) is 15.8. The minimum absolute atomic E-state index is 0.0847. The molecule has 424 valence electrons. The van der Waals surface area contributed by atoms with Gasteiger partial charge >= 0.3 is 12.4 Å². The van der Waals surface area contributed by atoms with Crippen LogP contribution in [0.3, 0.4) is 0 Å². The first-order valence-corrected chi connectivity index (χ1v) is 29.8. The van der Waals surface area contributed by atoms with Crippen LogP contribution in [-0.2, 0) is 21.4 Å². The Morgan fingerprint density at radius 2 is 0.613 bits per heavy atom. The Kier molecular flexibility index (Phi) is 26.8.